The van der Waals surface area contributed by atoms with Crippen molar-refractivity contribution in [3.63, 3.8) is 0 Å². The summed E-state index contributed by atoms with van der Waals surface area (Å²) in [6.45, 7) is 2.84. The van der Waals surface area contributed by atoms with Gasteiger partial charge in [0.1, 0.15) is 0 Å². The van der Waals surface area contributed by atoms with E-state index in [9.17, 15) is 9.18 Å². The molecule has 4 rings (SSSR count). The van der Waals surface area contributed by atoms with E-state index in [0.717, 1.165) is 38.0 Å². The van der Waals surface area contributed by atoms with Gasteiger partial charge < -0.3 is 20.4 Å². The second-order valence-electron chi connectivity index (χ2n) is 7.91. The number of halogens is 2. The van der Waals surface area contributed by atoms with Crippen LogP contribution in [0.4, 0.5) is 15.9 Å². The fourth-order valence-electron chi connectivity index (χ4n) is 4.25. The first-order valence-electron chi connectivity index (χ1n) is 10.9. The van der Waals surface area contributed by atoms with Crippen LogP contribution in [0.3, 0.4) is 0 Å². The van der Waals surface area contributed by atoms with E-state index in [1.165, 1.54) is 11.6 Å². The summed E-state index contributed by atoms with van der Waals surface area (Å²) in [6.07, 6.45) is 4.64. The van der Waals surface area contributed by atoms with Crippen molar-refractivity contribution in [2.24, 2.45) is 4.99 Å². The molecule has 0 bridgehead atoms. The fraction of sp³-hybridized carbons (Fsp3) is 0.435. The van der Waals surface area contributed by atoms with Gasteiger partial charge in [0.2, 0.25) is 5.91 Å². The molecule has 1 atom stereocenters. The van der Waals surface area contributed by atoms with E-state index in [0.29, 0.717) is 31.3 Å². The minimum Gasteiger partial charge on any atom is -0.356 e. The summed E-state index contributed by atoms with van der Waals surface area (Å²) in [4.78, 5) is 24.9. The molecule has 2 N–H and O–H groups in total. The zero-order valence-corrected chi connectivity index (χ0v) is 20.6. The van der Waals surface area contributed by atoms with Crippen LogP contribution in [0.2, 0.25) is 0 Å². The summed E-state index contributed by atoms with van der Waals surface area (Å²) in [5.41, 5.74) is 2.29. The number of guanidine groups is 1. The van der Waals surface area contributed by atoms with Crippen LogP contribution < -0.4 is 20.4 Å². The number of benzene rings is 1. The maximum atomic E-state index is 14.0. The molecule has 0 aliphatic carbocycles. The Bertz CT molecular complexity index is 956. The summed E-state index contributed by atoms with van der Waals surface area (Å²) < 4.78 is 14.0. The summed E-state index contributed by atoms with van der Waals surface area (Å²) in [5.74, 6) is 0.971. The van der Waals surface area contributed by atoms with Crippen molar-refractivity contribution in [2.75, 3.05) is 43.0 Å². The van der Waals surface area contributed by atoms with Gasteiger partial charge in [-0.3, -0.25) is 9.79 Å². The Hall–Kier alpha value is -2.43. The molecule has 0 spiro atoms. The highest BCUT2D eigenvalue weighted by Gasteiger charge is 2.26. The van der Waals surface area contributed by atoms with Crippen molar-refractivity contribution < 1.29 is 9.18 Å². The molecule has 9 heteroatoms. The second-order valence-corrected chi connectivity index (χ2v) is 7.91. The lowest BCUT2D eigenvalue weighted by molar-refractivity contribution is -0.118. The van der Waals surface area contributed by atoms with Crippen molar-refractivity contribution in [2.45, 2.75) is 31.7 Å². The second kappa shape index (κ2) is 11.4. The molecule has 1 saturated heterocycles. The van der Waals surface area contributed by atoms with Gasteiger partial charge in [-0.1, -0.05) is 18.2 Å². The van der Waals surface area contributed by atoms with Crippen LogP contribution in [-0.4, -0.2) is 56.1 Å². The van der Waals surface area contributed by atoms with Gasteiger partial charge in [0, 0.05) is 57.6 Å². The van der Waals surface area contributed by atoms with Crippen molar-refractivity contribution in [3.8, 4) is 0 Å². The highest BCUT2D eigenvalue weighted by Crippen LogP contribution is 2.28. The van der Waals surface area contributed by atoms with E-state index in [1.807, 2.05) is 28.0 Å². The Balaban J connectivity index is 0.00000289. The minimum absolute atomic E-state index is 0. The van der Waals surface area contributed by atoms with Gasteiger partial charge in [0.15, 0.2) is 17.6 Å². The van der Waals surface area contributed by atoms with Gasteiger partial charge in [-0.25, -0.2) is 9.37 Å². The van der Waals surface area contributed by atoms with Crippen LogP contribution >= 0.6 is 24.0 Å². The maximum absolute atomic E-state index is 14.0. The predicted molar refractivity (Wildman–Crippen MR) is 136 cm³/mol. The lowest BCUT2D eigenvalue weighted by Crippen LogP contribution is -2.45. The number of nitrogens with zero attached hydrogens (tertiary/aromatic N) is 4. The average Bonchev–Trinajstić information content (AvgIpc) is 3.43. The summed E-state index contributed by atoms with van der Waals surface area (Å²) in [5, 5.41) is 6.68. The van der Waals surface area contributed by atoms with Crippen LogP contribution in [0.1, 0.15) is 24.8 Å². The largest absolute Gasteiger partial charge is 0.356 e. The number of rotatable bonds is 6. The Morgan fingerprint density at radius 2 is 2.09 bits per heavy atom. The summed E-state index contributed by atoms with van der Waals surface area (Å²) in [6, 6.07) is 11.3. The summed E-state index contributed by atoms with van der Waals surface area (Å²) in [7, 11) is 1.73. The Labute approximate surface area is 205 Å². The molecule has 172 valence electrons. The Morgan fingerprint density at radius 3 is 2.91 bits per heavy atom. The Morgan fingerprint density at radius 1 is 1.25 bits per heavy atom. The number of aliphatic imine (C=N–C) groups is 1. The number of carbonyl (C=O) groups is 1. The minimum atomic E-state index is -0.295. The molecular formula is C23H30FIN6O. The number of carbonyl (C=O) groups excluding carboxylic acids is 1. The quantitative estimate of drug-likeness (QED) is 0.250. The number of aromatic nitrogens is 1. The standard InChI is InChI=1S/C23H29FN6O.HI/c1-25-23(28-18-11-14-29(16-18)22-19(24)7-4-12-26-22)27-13-5-9-21(31)30-15-10-17-6-2-3-8-20(17)30;/h2-4,6-8,12,18H,5,9-11,13-16H2,1H3,(H2,25,27,28);1H. The highest BCUT2D eigenvalue weighted by atomic mass is 127. The first kappa shape index (κ1) is 24.2. The fourth-order valence-corrected chi connectivity index (χ4v) is 4.25. The normalized spacial score (nSPS) is 17.7. The van der Waals surface area contributed by atoms with Crippen LogP contribution in [0, 0.1) is 5.82 Å². The number of pyridine rings is 1. The van der Waals surface area contributed by atoms with Crippen LogP contribution in [0.5, 0.6) is 0 Å². The molecule has 1 aromatic heterocycles. The van der Waals surface area contributed by atoms with E-state index in [4.69, 9.17) is 0 Å². The van der Waals surface area contributed by atoms with Crippen molar-refractivity contribution in [1.29, 1.82) is 0 Å². The van der Waals surface area contributed by atoms with Gasteiger partial charge in [-0.15, -0.1) is 24.0 Å². The third kappa shape index (κ3) is 5.67. The van der Waals surface area contributed by atoms with E-state index in [2.05, 4.69) is 26.7 Å². The summed E-state index contributed by atoms with van der Waals surface area (Å²) >= 11 is 0. The lowest BCUT2D eigenvalue weighted by Gasteiger charge is -2.20. The number of hydrogen-bond acceptors (Lipinski definition) is 4. The molecule has 7 nitrogen and oxygen atoms in total. The van der Waals surface area contributed by atoms with Gasteiger partial charge >= 0.3 is 0 Å². The number of anilines is 2. The lowest BCUT2D eigenvalue weighted by atomic mass is 10.2. The van der Waals surface area contributed by atoms with E-state index in [-0.39, 0.29) is 41.7 Å². The van der Waals surface area contributed by atoms with Gasteiger partial charge in [-0.05, 0) is 43.0 Å². The average molecular weight is 552 g/mol. The van der Waals surface area contributed by atoms with E-state index >= 15 is 0 Å². The van der Waals surface area contributed by atoms with Gasteiger partial charge in [0.25, 0.3) is 0 Å². The first-order valence-corrected chi connectivity index (χ1v) is 10.9. The molecule has 1 unspecified atom stereocenters. The molecule has 0 saturated carbocycles. The van der Waals surface area contributed by atoms with Crippen LogP contribution in [0.15, 0.2) is 47.6 Å². The smallest absolute Gasteiger partial charge is 0.227 e. The highest BCUT2D eigenvalue weighted by molar-refractivity contribution is 14.0. The molecular weight excluding hydrogens is 522 g/mol. The molecule has 32 heavy (non-hydrogen) atoms. The molecule has 2 aromatic rings. The first-order chi connectivity index (χ1) is 15.2. The molecule has 1 aromatic carbocycles. The zero-order valence-electron chi connectivity index (χ0n) is 18.3. The third-order valence-electron chi connectivity index (χ3n) is 5.84. The number of fused-ring (bicyclic) bond motifs is 1. The third-order valence-corrected chi connectivity index (χ3v) is 5.84. The molecule has 2 aliphatic heterocycles. The topological polar surface area (TPSA) is 72.9 Å². The number of nitrogens with one attached hydrogen (secondary N) is 2. The Kier molecular flexibility index (Phi) is 8.66. The predicted octanol–water partition coefficient (Wildman–Crippen LogP) is 2.95. The molecule has 0 radical (unpaired) electrons. The van der Waals surface area contributed by atoms with Crippen LogP contribution in [0.25, 0.3) is 0 Å². The SMILES string of the molecule is CN=C(NCCCC(=O)N1CCc2ccccc21)NC1CCN(c2ncccc2F)C1.I. The van der Waals surface area contributed by atoms with Crippen LogP contribution in [-0.2, 0) is 11.2 Å². The molecule has 1 amide bonds. The number of hydrogen-bond donors (Lipinski definition) is 2. The monoisotopic (exact) mass is 552 g/mol. The van der Waals surface area contributed by atoms with Gasteiger partial charge in [0.05, 0.1) is 0 Å². The molecule has 1 fully saturated rings. The molecule has 3 heterocycles. The van der Waals surface area contributed by atoms with E-state index in [1.54, 1.807) is 19.3 Å². The van der Waals surface area contributed by atoms with Crippen molar-refractivity contribution in [1.82, 2.24) is 15.6 Å². The van der Waals surface area contributed by atoms with Gasteiger partial charge in [-0.2, -0.15) is 0 Å². The van der Waals surface area contributed by atoms with Crippen molar-refractivity contribution in [3.05, 3.63) is 54.0 Å². The van der Waals surface area contributed by atoms with E-state index < -0.39 is 0 Å². The zero-order chi connectivity index (χ0) is 21.6. The van der Waals surface area contributed by atoms with Crippen molar-refractivity contribution >= 4 is 47.3 Å². The maximum Gasteiger partial charge on any atom is 0.227 e. The number of para-hydroxylation sites is 1. The number of amides is 1. The molecule has 2 aliphatic rings.